The van der Waals surface area contributed by atoms with Crippen LogP contribution in [0, 0.1) is 11.3 Å². The fourth-order valence-electron chi connectivity index (χ4n) is 4.87. The number of carbonyl (C=O) groups is 1. The Morgan fingerprint density at radius 3 is 2.38 bits per heavy atom. The Bertz CT molecular complexity index is 1200. The van der Waals surface area contributed by atoms with E-state index in [2.05, 4.69) is 69.5 Å². The van der Waals surface area contributed by atoms with Gasteiger partial charge in [0, 0.05) is 56.3 Å². The van der Waals surface area contributed by atoms with Crippen LogP contribution in [0.4, 0.5) is 5.69 Å². The number of nitrogens with zero attached hydrogens (tertiary/aromatic N) is 4. The molecule has 2 aromatic carbocycles. The number of likely N-dealkylation sites (tertiary alicyclic amines) is 1. The molecule has 0 spiro atoms. The van der Waals surface area contributed by atoms with Crippen molar-refractivity contribution in [3.63, 3.8) is 0 Å². The van der Waals surface area contributed by atoms with E-state index in [4.69, 9.17) is 23.2 Å². The third kappa shape index (κ3) is 7.01. The van der Waals surface area contributed by atoms with Gasteiger partial charge in [-0.2, -0.15) is 5.26 Å². The highest BCUT2D eigenvalue weighted by Gasteiger charge is 2.27. The average Bonchev–Trinajstić information content (AvgIpc) is 2.92. The molecule has 0 bridgehead atoms. The Morgan fingerprint density at radius 1 is 1.11 bits per heavy atom. The fraction of sp³-hybridized carbons (Fsp3) is 0.345. The molecular formula is C29H31Cl2N5O. The van der Waals surface area contributed by atoms with Gasteiger partial charge in [-0.25, -0.2) is 0 Å². The Balaban J connectivity index is 1.33. The van der Waals surface area contributed by atoms with Crippen LogP contribution in [0.5, 0.6) is 0 Å². The Labute approximate surface area is 228 Å². The molecular weight excluding hydrogens is 505 g/mol. The van der Waals surface area contributed by atoms with Crippen molar-refractivity contribution in [1.82, 2.24) is 15.2 Å². The summed E-state index contributed by atoms with van der Waals surface area (Å²) in [5.41, 5.74) is 3.36. The first-order valence-corrected chi connectivity index (χ1v) is 13.3. The Morgan fingerprint density at radius 2 is 1.76 bits per heavy atom. The minimum absolute atomic E-state index is 0.252. The number of anilines is 1. The lowest BCUT2D eigenvalue weighted by Crippen LogP contribution is -2.48. The smallest absolute Gasteiger partial charge is 0.254 e. The van der Waals surface area contributed by atoms with Crippen molar-refractivity contribution in [2.75, 3.05) is 24.5 Å². The zero-order chi connectivity index (χ0) is 26.2. The van der Waals surface area contributed by atoms with Crippen LogP contribution in [-0.4, -0.2) is 47.5 Å². The molecule has 1 aromatic heterocycles. The van der Waals surface area contributed by atoms with Crippen LogP contribution < -0.4 is 10.2 Å². The molecule has 2 heterocycles. The van der Waals surface area contributed by atoms with Crippen LogP contribution in [0.1, 0.15) is 47.7 Å². The molecule has 8 heteroatoms. The molecule has 0 saturated carbocycles. The predicted octanol–water partition coefficient (Wildman–Crippen LogP) is 5.94. The van der Waals surface area contributed by atoms with E-state index >= 15 is 0 Å². The number of hydrogen-bond donors (Lipinski definition) is 1. The Kier molecular flexibility index (Phi) is 9.40. The summed E-state index contributed by atoms with van der Waals surface area (Å²) in [6.45, 7) is 5.56. The summed E-state index contributed by atoms with van der Waals surface area (Å²) in [5, 5.41) is 12.6. The zero-order valence-corrected chi connectivity index (χ0v) is 22.4. The second-order valence-electron chi connectivity index (χ2n) is 9.41. The topological polar surface area (TPSA) is 72.3 Å². The van der Waals surface area contributed by atoms with Crippen LogP contribution >= 0.6 is 23.2 Å². The van der Waals surface area contributed by atoms with Gasteiger partial charge in [-0.05, 0) is 56.0 Å². The molecule has 1 atom stereocenters. The maximum absolute atomic E-state index is 12.5. The largest absolute Gasteiger partial charge is 0.364 e. The van der Waals surface area contributed by atoms with Gasteiger partial charge in [0.25, 0.3) is 5.91 Å². The molecule has 1 amide bonds. The molecule has 6 nitrogen and oxygen atoms in total. The van der Waals surface area contributed by atoms with Gasteiger partial charge in [-0.15, -0.1) is 0 Å². The highest BCUT2D eigenvalue weighted by Crippen LogP contribution is 2.27. The van der Waals surface area contributed by atoms with Gasteiger partial charge in [0.15, 0.2) is 0 Å². The van der Waals surface area contributed by atoms with Crippen LogP contribution in [0.2, 0.25) is 10.0 Å². The van der Waals surface area contributed by atoms with E-state index in [-0.39, 0.29) is 21.5 Å². The third-order valence-corrected chi connectivity index (χ3v) is 7.59. The van der Waals surface area contributed by atoms with E-state index in [1.54, 1.807) is 0 Å². The molecule has 0 aliphatic carbocycles. The second-order valence-corrected chi connectivity index (χ2v) is 10.2. The summed E-state index contributed by atoms with van der Waals surface area (Å²) < 4.78 is 0. The molecule has 1 fully saturated rings. The summed E-state index contributed by atoms with van der Waals surface area (Å²) in [7, 11) is 0. The monoisotopic (exact) mass is 535 g/mol. The summed E-state index contributed by atoms with van der Waals surface area (Å²) >= 11 is 12.2. The average molecular weight is 537 g/mol. The number of pyridine rings is 1. The quantitative estimate of drug-likeness (QED) is 0.367. The standard InChI is InChI=1S/C29H31Cl2N5O/c1-21(11-14-34-29(37)28-26(30)18-33-19-27(28)31)35-15-12-25(13-16-35)36(20-23-5-3-2-4-6-23)24-9-7-22(17-32)8-10-24/h2-10,18-19,21,25H,11-16,20H2,1H3,(H,34,37). The normalized spacial score (nSPS) is 15.1. The minimum Gasteiger partial charge on any atom is -0.364 e. The van der Waals surface area contributed by atoms with Crippen molar-refractivity contribution in [1.29, 1.82) is 5.26 Å². The van der Waals surface area contributed by atoms with Crippen LogP contribution in [0.25, 0.3) is 0 Å². The number of hydrogen-bond acceptors (Lipinski definition) is 5. The van der Waals surface area contributed by atoms with Crippen LogP contribution in [-0.2, 0) is 6.54 Å². The van der Waals surface area contributed by atoms with E-state index < -0.39 is 0 Å². The zero-order valence-electron chi connectivity index (χ0n) is 20.9. The highest BCUT2D eigenvalue weighted by atomic mass is 35.5. The number of piperidine rings is 1. The molecule has 4 rings (SSSR count). The molecule has 1 unspecified atom stereocenters. The summed E-state index contributed by atoms with van der Waals surface area (Å²) in [6.07, 6.45) is 5.78. The molecule has 3 aromatic rings. The number of rotatable bonds is 9. The number of aromatic nitrogens is 1. The Hall–Kier alpha value is -3.11. The highest BCUT2D eigenvalue weighted by molar-refractivity contribution is 6.39. The van der Waals surface area contributed by atoms with Crippen molar-refractivity contribution >= 4 is 34.8 Å². The molecule has 0 radical (unpaired) electrons. The van der Waals surface area contributed by atoms with Crippen molar-refractivity contribution in [2.45, 2.75) is 44.8 Å². The van der Waals surface area contributed by atoms with Crippen molar-refractivity contribution in [3.05, 3.63) is 93.7 Å². The van der Waals surface area contributed by atoms with E-state index in [1.807, 2.05) is 18.2 Å². The maximum Gasteiger partial charge on any atom is 0.254 e. The molecule has 37 heavy (non-hydrogen) atoms. The summed E-state index contributed by atoms with van der Waals surface area (Å²) in [5.74, 6) is -0.276. The third-order valence-electron chi connectivity index (χ3n) is 7.02. The number of nitriles is 1. The summed E-state index contributed by atoms with van der Waals surface area (Å²) in [4.78, 5) is 21.4. The van der Waals surface area contributed by atoms with Crippen molar-refractivity contribution in [3.8, 4) is 6.07 Å². The van der Waals surface area contributed by atoms with Gasteiger partial charge in [0.2, 0.25) is 0 Å². The van der Waals surface area contributed by atoms with E-state index in [0.717, 1.165) is 44.6 Å². The lowest BCUT2D eigenvalue weighted by atomic mass is 9.99. The van der Waals surface area contributed by atoms with Crippen LogP contribution in [0.15, 0.2) is 67.0 Å². The number of carbonyl (C=O) groups excluding carboxylic acids is 1. The van der Waals surface area contributed by atoms with Gasteiger partial charge in [0.1, 0.15) is 0 Å². The molecule has 1 aliphatic heterocycles. The second kappa shape index (κ2) is 12.9. The van der Waals surface area contributed by atoms with Gasteiger partial charge < -0.3 is 15.1 Å². The van der Waals surface area contributed by atoms with E-state index in [1.165, 1.54) is 18.0 Å². The van der Waals surface area contributed by atoms with E-state index in [9.17, 15) is 10.1 Å². The van der Waals surface area contributed by atoms with Crippen molar-refractivity contribution in [2.24, 2.45) is 0 Å². The van der Waals surface area contributed by atoms with E-state index in [0.29, 0.717) is 24.2 Å². The number of amides is 1. The van der Waals surface area contributed by atoms with Crippen molar-refractivity contribution < 1.29 is 4.79 Å². The molecule has 192 valence electrons. The van der Waals surface area contributed by atoms with Gasteiger partial charge in [-0.3, -0.25) is 9.78 Å². The lowest BCUT2D eigenvalue weighted by Gasteiger charge is -2.42. The number of halogens is 2. The molecule has 1 aliphatic rings. The SMILES string of the molecule is CC(CCNC(=O)c1c(Cl)cncc1Cl)N1CCC(N(Cc2ccccc2)c2ccc(C#N)cc2)CC1. The number of benzene rings is 2. The maximum atomic E-state index is 12.5. The number of nitrogens with one attached hydrogen (secondary N) is 1. The molecule has 1 N–H and O–H groups in total. The van der Waals surface area contributed by atoms with Gasteiger partial charge in [-0.1, -0.05) is 53.5 Å². The first-order valence-electron chi connectivity index (χ1n) is 12.6. The van der Waals surface area contributed by atoms with Crippen LogP contribution in [0.3, 0.4) is 0 Å². The van der Waals surface area contributed by atoms with Gasteiger partial charge in [0.05, 0.1) is 27.2 Å². The predicted molar refractivity (Wildman–Crippen MR) is 149 cm³/mol. The first-order chi connectivity index (χ1) is 18.0. The van der Waals surface area contributed by atoms with Gasteiger partial charge >= 0.3 is 0 Å². The summed E-state index contributed by atoms with van der Waals surface area (Å²) in [6, 6.07) is 21.4. The minimum atomic E-state index is -0.276. The first kappa shape index (κ1) is 26.9. The lowest BCUT2D eigenvalue weighted by molar-refractivity contribution is 0.0945. The fourth-order valence-corrected chi connectivity index (χ4v) is 5.41. The molecule has 1 saturated heterocycles.